The quantitative estimate of drug-likeness (QED) is 0.518. The summed E-state index contributed by atoms with van der Waals surface area (Å²) in [6.45, 7) is 1.99. The highest BCUT2D eigenvalue weighted by Crippen LogP contribution is 2.33. The summed E-state index contributed by atoms with van der Waals surface area (Å²) in [5.74, 6) is -0.0638. The number of benzene rings is 3. The maximum atomic E-state index is 13.1. The number of rotatable bonds is 6. The number of sulfonamides is 1. The van der Waals surface area contributed by atoms with Crippen molar-refractivity contribution in [3.8, 4) is 5.75 Å². The third kappa shape index (κ3) is 4.55. The van der Waals surface area contributed by atoms with E-state index in [0.717, 1.165) is 5.56 Å². The highest BCUT2D eigenvalue weighted by Gasteiger charge is 2.30. The van der Waals surface area contributed by atoms with Crippen LogP contribution >= 0.6 is 23.2 Å². The molecule has 0 aliphatic carbocycles. The normalized spacial score (nSPS) is 14.0. The number of ether oxygens (including phenoxy) is 1. The number of nitrogens with one attached hydrogen (secondary N) is 1. The average molecular weight is 491 g/mol. The van der Waals surface area contributed by atoms with E-state index in [9.17, 15) is 13.2 Å². The third-order valence-electron chi connectivity index (χ3n) is 5.12. The number of carbonyl (C=O) groups is 1. The van der Waals surface area contributed by atoms with Crippen LogP contribution in [0, 0.1) is 0 Å². The number of carbonyl (C=O) groups excluding carboxylic acids is 1. The van der Waals surface area contributed by atoms with Gasteiger partial charge >= 0.3 is 0 Å². The summed E-state index contributed by atoms with van der Waals surface area (Å²) in [5, 5.41) is 3.48. The van der Waals surface area contributed by atoms with Crippen molar-refractivity contribution in [1.29, 1.82) is 0 Å². The van der Waals surface area contributed by atoms with Gasteiger partial charge in [-0.1, -0.05) is 41.4 Å². The molecule has 1 atom stereocenters. The molecule has 32 heavy (non-hydrogen) atoms. The van der Waals surface area contributed by atoms with Gasteiger partial charge in [0.2, 0.25) is 0 Å². The fourth-order valence-corrected chi connectivity index (χ4v) is 5.41. The standard InChI is InChI=1S/C23H20Cl2N2O4S/c1-15(31-22-11-6-17(24)14-20(22)25)23(28)26-18-7-9-19(10-8-18)32(29,30)27-13-12-16-4-2-3-5-21(16)27/h2-11,14-15H,12-13H2,1H3,(H,26,28)/t15-/m0/s1. The monoisotopic (exact) mass is 490 g/mol. The number of fused-ring (bicyclic) bond motifs is 1. The van der Waals surface area contributed by atoms with Gasteiger partial charge in [-0.25, -0.2) is 8.42 Å². The minimum Gasteiger partial charge on any atom is -0.479 e. The number of hydrogen-bond donors (Lipinski definition) is 1. The minimum atomic E-state index is -3.69. The zero-order chi connectivity index (χ0) is 22.9. The van der Waals surface area contributed by atoms with E-state index in [4.69, 9.17) is 27.9 Å². The lowest BCUT2D eigenvalue weighted by molar-refractivity contribution is -0.122. The summed E-state index contributed by atoms with van der Waals surface area (Å²) < 4.78 is 33.2. The Balaban J connectivity index is 1.44. The van der Waals surface area contributed by atoms with E-state index in [2.05, 4.69) is 5.32 Å². The lowest BCUT2D eigenvalue weighted by Crippen LogP contribution is -2.30. The van der Waals surface area contributed by atoms with Gasteiger partial charge in [-0.05, 0) is 67.4 Å². The fraction of sp³-hybridized carbons (Fsp3) is 0.174. The lowest BCUT2D eigenvalue weighted by atomic mass is 10.2. The first-order chi connectivity index (χ1) is 15.3. The van der Waals surface area contributed by atoms with Crippen LogP contribution < -0.4 is 14.4 Å². The molecule has 9 heteroatoms. The summed E-state index contributed by atoms with van der Waals surface area (Å²) in [6, 6.07) is 18.3. The summed E-state index contributed by atoms with van der Waals surface area (Å²) >= 11 is 12.0. The van der Waals surface area contributed by atoms with E-state index in [1.807, 2.05) is 24.3 Å². The van der Waals surface area contributed by atoms with Gasteiger partial charge in [0.05, 0.1) is 15.6 Å². The second kappa shape index (κ2) is 9.02. The number of hydrogen-bond acceptors (Lipinski definition) is 4. The molecule has 0 bridgehead atoms. The molecule has 0 fully saturated rings. The average Bonchev–Trinajstić information content (AvgIpc) is 3.21. The lowest BCUT2D eigenvalue weighted by Gasteiger charge is -2.20. The van der Waals surface area contributed by atoms with Crippen LogP contribution in [0.3, 0.4) is 0 Å². The number of para-hydroxylation sites is 1. The van der Waals surface area contributed by atoms with Crippen molar-refractivity contribution in [2.45, 2.75) is 24.3 Å². The molecule has 4 rings (SSSR count). The molecule has 0 unspecified atom stereocenters. The Labute approximate surface area is 196 Å². The van der Waals surface area contributed by atoms with Crippen LogP contribution in [-0.4, -0.2) is 27.0 Å². The molecule has 0 saturated heterocycles. The van der Waals surface area contributed by atoms with Gasteiger partial charge in [-0.15, -0.1) is 0 Å². The molecule has 1 heterocycles. The Morgan fingerprint density at radius 2 is 1.78 bits per heavy atom. The molecule has 0 saturated carbocycles. The van der Waals surface area contributed by atoms with Gasteiger partial charge in [0.15, 0.2) is 6.10 Å². The second-order valence-corrected chi connectivity index (χ2v) is 10.0. The molecular weight excluding hydrogens is 471 g/mol. The number of anilines is 2. The van der Waals surface area contributed by atoms with Crippen molar-refractivity contribution < 1.29 is 17.9 Å². The Kier molecular flexibility index (Phi) is 6.33. The Bertz CT molecular complexity index is 1260. The molecule has 0 radical (unpaired) electrons. The number of amides is 1. The molecule has 1 aliphatic rings. The van der Waals surface area contributed by atoms with Gasteiger partial charge in [-0.3, -0.25) is 9.10 Å². The largest absolute Gasteiger partial charge is 0.479 e. The fourth-order valence-electron chi connectivity index (χ4n) is 3.45. The maximum absolute atomic E-state index is 13.1. The van der Waals surface area contributed by atoms with E-state index in [0.29, 0.717) is 40.1 Å². The zero-order valence-corrected chi connectivity index (χ0v) is 19.4. The van der Waals surface area contributed by atoms with Crippen LogP contribution in [0.25, 0.3) is 0 Å². The van der Waals surface area contributed by atoms with Gasteiger partial charge in [-0.2, -0.15) is 0 Å². The number of nitrogens with zero attached hydrogens (tertiary/aromatic N) is 1. The predicted octanol–water partition coefficient (Wildman–Crippen LogP) is 5.15. The van der Waals surface area contributed by atoms with E-state index in [-0.39, 0.29) is 4.90 Å². The first kappa shape index (κ1) is 22.5. The van der Waals surface area contributed by atoms with Gasteiger partial charge < -0.3 is 10.1 Å². The molecule has 3 aromatic carbocycles. The Morgan fingerprint density at radius 1 is 1.06 bits per heavy atom. The van der Waals surface area contributed by atoms with Gasteiger partial charge in [0.25, 0.3) is 15.9 Å². The molecule has 1 amide bonds. The topological polar surface area (TPSA) is 75.7 Å². The van der Waals surface area contributed by atoms with Crippen molar-refractivity contribution in [2.75, 3.05) is 16.2 Å². The smallest absolute Gasteiger partial charge is 0.265 e. The summed E-state index contributed by atoms with van der Waals surface area (Å²) in [6.07, 6.45) is -0.155. The first-order valence-corrected chi connectivity index (χ1v) is 12.1. The van der Waals surface area contributed by atoms with Crippen LogP contribution in [0.1, 0.15) is 12.5 Å². The SMILES string of the molecule is C[C@H](Oc1ccc(Cl)cc1Cl)C(=O)Nc1ccc(S(=O)(=O)N2CCc3ccccc32)cc1. The van der Waals surface area contributed by atoms with E-state index in [1.165, 1.54) is 22.5 Å². The Morgan fingerprint density at radius 3 is 2.50 bits per heavy atom. The highest BCUT2D eigenvalue weighted by atomic mass is 35.5. The van der Waals surface area contributed by atoms with Crippen LogP contribution in [-0.2, 0) is 21.2 Å². The molecule has 6 nitrogen and oxygen atoms in total. The number of halogens is 2. The maximum Gasteiger partial charge on any atom is 0.265 e. The van der Waals surface area contributed by atoms with Crippen LogP contribution in [0.4, 0.5) is 11.4 Å². The molecule has 0 spiro atoms. The molecule has 0 aromatic heterocycles. The second-order valence-electron chi connectivity index (χ2n) is 7.30. The summed E-state index contributed by atoms with van der Waals surface area (Å²) in [7, 11) is -3.69. The summed E-state index contributed by atoms with van der Waals surface area (Å²) in [5.41, 5.74) is 2.17. The predicted molar refractivity (Wildman–Crippen MR) is 126 cm³/mol. The minimum absolute atomic E-state index is 0.157. The zero-order valence-electron chi connectivity index (χ0n) is 17.1. The van der Waals surface area contributed by atoms with Crippen molar-refractivity contribution in [3.63, 3.8) is 0 Å². The van der Waals surface area contributed by atoms with Crippen molar-refractivity contribution in [1.82, 2.24) is 0 Å². The van der Waals surface area contributed by atoms with E-state index >= 15 is 0 Å². The van der Waals surface area contributed by atoms with Crippen molar-refractivity contribution in [3.05, 3.63) is 82.3 Å². The van der Waals surface area contributed by atoms with Gasteiger partial charge in [0.1, 0.15) is 5.75 Å². The van der Waals surface area contributed by atoms with E-state index < -0.39 is 22.0 Å². The third-order valence-corrected chi connectivity index (χ3v) is 7.48. The highest BCUT2D eigenvalue weighted by molar-refractivity contribution is 7.92. The molecule has 3 aromatic rings. The summed E-state index contributed by atoms with van der Waals surface area (Å²) in [4.78, 5) is 12.6. The molecule has 1 N–H and O–H groups in total. The first-order valence-electron chi connectivity index (χ1n) is 9.89. The molecule has 1 aliphatic heterocycles. The molecule has 166 valence electrons. The van der Waals surface area contributed by atoms with Crippen LogP contribution in [0.5, 0.6) is 5.75 Å². The van der Waals surface area contributed by atoms with Crippen LogP contribution in [0.15, 0.2) is 71.6 Å². The molecular formula is C23H20Cl2N2O4S. The van der Waals surface area contributed by atoms with Crippen LogP contribution in [0.2, 0.25) is 10.0 Å². The van der Waals surface area contributed by atoms with E-state index in [1.54, 1.807) is 31.2 Å². The Hall–Kier alpha value is -2.74. The van der Waals surface area contributed by atoms with Gasteiger partial charge in [0, 0.05) is 17.3 Å². The van der Waals surface area contributed by atoms with Crippen molar-refractivity contribution in [2.24, 2.45) is 0 Å². The van der Waals surface area contributed by atoms with Crippen molar-refractivity contribution >= 4 is 50.5 Å².